The van der Waals surface area contributed by atoms with Crippen molar-refractivity contribution in [2.45, 2.75) is 6.42 Å². The van der Waals surface area contributed by atoms with Gasteiger partial charge in [-0.3, -0.25) is 0 Å². The van der Waals surface area contributed by atoms with E-state index in [-0.39, 0.29) is 0 Å². The average molecular weight is 160 g/mol. The summed E-state index contributed by atoms with van der Waals surface area (Å²) in [6.07, 6.45) is 1.88. The third-order valence-electron chi connectivity index (χ3n) is 2.16. The van der Waals surface area contributed by atoms with Crippen molar-refractivity contribution in [3.8, 4) is 0 Å². The first-order chi connectivity index (χ1) is 5.92. The molecule has 61 valence electrons. The Labute approximate surface area is 71.8 Å². The van der Waals surface area contributed by atoms with Crippen molar-refractivity contribution >= 4 is 12.0 Å². The van der Waals surface area contributed by atoms with E-state index >= 15 is 0 Å². The third-order valence-corrected chi connectivity index (χ3v) is 2.16. The Morgan fingerprint density at radius 2 is 2.17 bits per heavy atom. The van der Waals surface area contributed by atoms with Crippen LogP contribution in [0.2, 0.25) is 0 Å². The molecule has 0 saturated heterocycles. The lowest BCUT2D eigenvalue weighted by atomic mass is 10.2. The van der Waals surface area contributed by atoms with Crippen molar-refractivity contribution in [3.63, 3.8) is 0 Å². The number of benzene rings is 1. The van der Waals surface area contributed by atoms with Gasteiger partial charge in [0.2, 0.25) is 0 Å². The highest BCUT2D eigenvalue weighted by Gasteiger charge is 2.17. The predicted octanol–water partition coefficient (Wildman–Crippen LogP) is 1.41. The Bertz CT molecular complexity index is 296. The van der Waals surface area contributed by atoms with Crippen LogP contribution in [0.3, 0.4) is 0 Å². The number of hydrogen-bond acceptors (Lipinski definition) is 2. The zero-order valence-electron chi connectivity index (χ0n) is 6.73. The Kier molecular flexibility index (Phi) is 1.82. The summed E-state index contributed by atoms with van der Waals surface area (Å²) in [7, 11) is 0. The van der Waals surface area contributed by atoms with Gasteiger partial charge in [0.15, 0.2) is 0 Å². The summed E-state index contributed by atoms with van der Waals surface area (Å²) in [5, 5.41) is 0. The lowest BCUT2D eigenvalue weighted by Crippen LogP contribution is -2.17. The van der Waals surface area contributed by atoms with Crippen LogP contribution in [0.15, 0.2) is 24.3 Å². The number of anilines is 1. The minimum atomic E-state index is 0.835. The Balaban J connectivity index is 2.29. The summed E-state index contributed by atoms with van der Waals surface area (Å²) in [4.78, 5) is 12.3. The molecule has 1 heterocycles. The van der Waals surface area contributed by atoms with Gasteiger partial charge in [-0.15, -0.1) is 0 Å². The molecule has 0 unspecified atom stereocenters. The van der Waals surface area contributed by atoms with Crippen molar-refractivity contribution in [2.24, 2.45) is 0 Å². The fraction of sp³-hybridized carbons (Fsp3) is 0.200. The molecule has 0 amide bonds. The summed E-state index contributed by atoms with van der Waals surface area (Å²) in [6, 6.07) is 8.18. The molecule has 0 aliphatic carbocycles. The molecule has 0 bridgehead atoms. The maximum atomic E-state index is 10.3. The molecule has 0 aromatic heterocycles. The standard InChI is InChI=1S/C10H10NO/c12-8-7-11-6-5-9-3-1-2-4-10(9)11/h1-4,7-8H,5-6H2. The largest absolute Gasteiger partial charge is 0.359 e. The molecule has 1 aliphatic rings. The molecule has 0 atom stereocenters. The summed E-state index contributed by atoms with van der Waals surface area (Å²) in [5.41, 5.74) is 2.50. The molecule has 12 heavy (non-hydrogen) atoms. The zero-order chi connectivity index (χ0) is 8.39. The maximum absolute atomic E-state index is 10.3. The second-order valence-electron chi connectivity index (χ2n) is 2.86. The molecule has 0 spiro atoms. The highest BCUT2D eigenvalue weighted by atomic mass is 16.1. The molecule has 2 nitrogen and oxygen atoms in total. The van der Waals surface area contributed by atoms with E-state index in [1.54, 1.807) is 6.54 Å². The number of para-hydroxylation sites is 1. The number of fused-ring (bicyclic) bond motifs is 1. The molecule has 1 aromatic carbocycles. The van der Waals surface area contributed by atoms with Crippen LogP contribution in [0.25, 0.3) is 0 Å². The summed E-state index contributed by atoms with van der Waals surface area (Å²) in [5.74, 6) is 0. The summed E-state index contributed by atoms with van der Waals surface area (Å²) >= 11 is 0. The van der Waals surface area contributed by atoms with Gasteiger partial charge in [-0.1, -0.05) is 18.2 Å². The van der Waals surface area contributed by atoms with Gasteiger partial charge in [0, 0.05) is 12.2 Å². The van der Waals surface area contributed by atoms with Crippen LogP contribution < -0.4 is 4.90 Å². The molecule has 1 radical (unpaired) electrons. The lowest BCUT2D eigenvalue weighted by molar-refractivity contribution is -0.105. The van der Waals surface area contributed by atoms with Crippen molar-refractivity contribution < 1.29 is 4.79 Å². The molecule has 0 fully saturated rings. The van der Waals surface area contributed by atoms with Crippen LogP contribution in [0.5, 0.6) is 0 Å². The fourth-order valence-electron chi connectivity index (χ4n) is 1.59. The van der Waals surface area contributed by atoms with E-state index < -0.39 is 0 Å². The summed E-state index contributed by atoms with van der Waals surface area (Å²) < 4.78 is 0. The van der Waals surface area contributed by atoms with Gasteiger partial charge in [0.1, 0.15) is 12.8 Å². The van der Waals surface area contributed by atoms with Crippen molar-refractivity contribution in [2.75, 3.05) is 11.4 Å². The van der Waals surface area contributed by atoms with Crippen LogP contribution in [0.1, 0.15) is 5.56 Å². The average Bonchev–Trinajstić information content (AvgIpc) is 2.50. The van der Waals surface area contributed by atoms with Crippen LogP contribution in [0, 0.1) is 6.54 Å². The van der Waals surface area contributed by atoms with E-state index in [0.29, 0.717) is 0 Å². The van der Waals surface area contributed by atoms with Gasteiger partial charge in [0.25, 0.3) is 0 Å². The van der Waals surface area contributed by atoms with E-state index in [0.717, 1.165) is 19.3 Å². The normalized spacial score (nSPS) is 14.5. The minimum Gasteiger partial charge on any atom is -0.359 e. The van der Waals surface area contributed by atoms with Gasteiger partial charge in [0.05, 0.1) is 0 Å². The predicted molar refractivity (Wildman–Crippen MR) is 47.9 cm³/mol. The Morgan fingerprint density at radius 1 is 1.33 bits per heavy atom. The maximum Gasteiger partial charge on any atom is 0.144 e. The molecule has 2 heteroatoms. The monoisotopic (exact) mass is 160 g/mol. The molecule has 1 aromatic rings. The third kappa shape index (κ3) is 1.09. The van der Waals surface area contributed by atoms with E-state index in [9.17, 15) is 4.79 Å². The van der Waals surface area contributed by atoms with Gasteiger partial charge < -0.3 is 9.69 Å². The van der Waals surface area contributed by atoms with Crippen LogP contribution in [-0.2, 0) is 11.2 Å². The fourth-order valence-corrected chi connectivity index (χ4v) is 1.59. The van der Waals surface area contributed by atoms with Crippen LogP contribution in [0.4, 0.5) is 5.69 Å². The van der Waals surface area contributed by atoms with Gasteiger partial charge >= 0.3 is 0 Å². The second kappa shape index (κ2) is 2.97. The number of carbonyl (C=O) groups excluding carboxylic acids is 1. The van der Waals surface area contributed by atoms with E-state index in [1.165, 1.54) is 11.3 Å². The first-order valence-corrected chi connectivity index (χ1v) is 4.05. The topological polar surface area (TPSA) is 20.3 Å². The van der Waals surface area contributed by atoms with Gasteiger partial charge in [-0.2, -0.15) is 0 Å². The van der Waals surface area contributed by atoms with Crippen molar-refractivity contribution in [1.29, 1.82) is 0 Å². The first-order valence-electron chi connectivity index (χ1n) is 4.05. The van der Waals surface area contributed by atoms with E-state index in [2.05, 4.69) is 6.07 Å². The zero-order valence-corrected chi connectivity index (χ0v) is 6.73. The second-order valence-corrected chi connectivity index (χ2v) is 2.86. The van der Waals surface area contributed by atoms with Crippen LogP contribution >= 0.6 is 0 Å². The molecule has 0 saturated carbocycles. The molecule has 2 rings (SSSR count). The number of aldehydes is 1. The molecule has 1 aliphatic heterocycles. The highest BCUT2D eigenvalue weighted by molar-refractivity contribution is 5.72. The SMILES string of the molecule is O=C[CH]N1CCc2ccccc21. The smallest absolute Gasteiger partial charge is 0.144 e. The number of rotatable bonds is 2. The number of nitrogens with zero attached hydrogens (tertiary/aromatic N) is 1. The Morgan fingerprint density at radius 3 is 3.00 bits per heavy atom. The minimum absolute atomic E-state index is 0.835. The molecular weight excluding hydrogens is 150 g/mol. The van der Waals surface area contributed by atoms with E-state index in [4.69, 9.17) is 0 Å². The van der Waals surface area contributed by atoms with E-state index in [1.807, 2.05) is 23.1 Å². The first kappa shape index (κ1) is 7.35. The highest BCUT2D eigenvalue weighted by Crippen LogP contribution is 2.27. The van der Waals surface area contributed by atoms with Crippen molar-refractivity contribution in [3.05, 3.63) is 36.4 Å². The van der Waals surface area contributed by atoms with Crippen molar-refractivity contribution in [1.82, 2.24) is 0 Å². The number of carbonyl (C=O) groups is 1. The van der Waals surface area contributed by atoms with Gasteiger partial charge in [-0.25, -0.2) is 0 Å². The van der Waals surface area contributed by atoms with Gasteiger partial charge in [-0.05, 0) is 18.1 Å². The Hall–Kier alpha value is -1.31. The van der Waals surface area contributed by atoms with Crippen LogP contribution in [-0.4, -0.2) is 12.8 Å². The molecule has 0 N–H and O–H groups in total. The number of hydrogen-bond donors (Lipinski definition) is 0. The summed E-state index contributed by atoms with van der Waals surface area (Å²) in [6.45, 7) is 2.52. The lowest BCUT2D eigenvalue weighted by Gasteiger charge is -2.14. The quantitative estimate of drug-likeness (QED) is 0.610. The molecular formula is C10H10NO.